The van der Waals surface area contributed by atoms with E-state index in [2.05, 4.69) is 26.0 Å². The summed E-state index contributed by atoms with van der Waals surface area (Å²) in [6, 6.07) is 0. The Labute approximate surface area is 104 Å². The number of hydrogen-bond donors (Lipinski definition) is 2. The van der Waals surface area contributed by atoms with Crippen LogP contribution in [0.5, 0.6) is 0 Å². The fourth-order valence-corrected chi connectivity index (χ4v) is 0.934. The summed E-state index contributed by atoms with van der Waals surface area (Å²) in [5, 5.41) is 0. The maximum Gasteiger partial charge on any atom is 0.394 e. The van der Waals surface area contributed by atoms with E-state index in [0.717, 1.165) is 3.17 Å². The molecule has 0 amide bonds. The summed E-state index contributed by atoms with van der Waals surface area (Å²) < 4.78 is 32.6. The van der Waals surface area contributed by atoms with Gasteiger partial charge < -0.3 is 0 Å². The van der Waals surface area contributed by atoms with Gasteiger partial charge >= 0.3 is 86.8 Å². The van der Waals surface area contributed by atoms with Gasteiger partial charge in [-0.25, -0.2) is 0 Å². The third kappa shape index (κ3) is 29.4. The average Bonchev–Trinajstić information content (AvgIpc) is 2.01. The zero-order valence-corrected chi connectivity index (χ0v) is 11.8. The fraction of sp³-hybridized carbons (Fsp3) is 0.750. The van der Waals surface area contributed by atoms with Crippen LogP contribution in [0, 0.1) is 0 Å². The normalized spacial score (nSPS) is 13.6. The van der Waals surface area contributed by atoms with Crippen LogP contribution in [-0.4, -0.2) is 45.5 Å². The summed E-state index contributed by atoms with van der Waals surface area (Å²) in [6.07, 6.45) is 8.45. The van der Waals surface area contributed by atoms with Crippen LogP contribution in [0.4, 0.5) is 0 Å². The van der Waals surface area contributed by atoms with Gasteiger partial charge in [0.05, 0.1) is 0 Å². The van der Waals surface area contributed by atoms with Gasteiger partial charge in [0, 0.05) is 0 Å². The van der Waals surface area contributed by atoms with Crippen LogP contribution in [0.3, 0.4) is 0 Å². The molecule has 0 aromatic heterocycles. The molecule has 0 heterocycles. The van der Waals surface area contributed by atoms with Crippen molar-refractivity contribution in [3.8, 4) is 0 Å². The van der Waals surface area contributed by atoms with Crippen LogP contribution >= 0.6 is 0 Å². The first-order valence-electron chi connectivity index (χ1n) is 4.66. The molecule has 0 aliphatic rings. The van der Waals surface area contributed by atoms with Crippen LogP contribution in [0.15, 0.2) is 12.2 Å². The molecule has 0 aliphatic heterocycles. The molecule has 0 saturated carbocycles. The van der Waals surface area contributed by atoms with E-state index in [-0.39, 0.29) is 0 Å². The molecule has 0 rings (SSSR count). The van der Waals surface area contributed by atoms with Crippen molar-refractivity contribution in [1.82, 2.24) is 0 Å². The van der Waals surface area contributed by atoms with Crippen molar-refractivity contribution in [3.63, 3.8) is 0 Å². The molecular weight excluding hydrogens is 215 g/mol. The first-order chi connectivity index (χ1) is 6.31. The van der Waals surface area contributed by atoms with Crippen molar-refractivity contribution < 1.29 is 17.5 Å². The topological polar surface area (TPSA) is 74.6 Å². The molecule has 1 unspecified atom stereocenters. The third-order valence-corrected chi connectivity index (χ3v) is 2.93. The van der Waals surface area contributed by atoms with E-state index in [4.69, 9.17) is 17.5 Å². The smallest absolute Gasteiger partial charge is 0.264 e. The van der Waals surface area contributed by atoms with Crippen LogP contribution in [0.2, 0.25) is 3.17 Å². The molecule has 0 aromatic carbocycles. The van der Waals surface area contributed by atoms with Gasteiger partial charge in [-0.1, -0.05) is 0 Å². The van der Waals surface area contributed by atoms with E-state index in [0.29, 0.717) is 0 Å². The SMILES string of the molecule is CCC=CC[CH]([Na])CC.O=S(=O)(O)O. The van der Waals surface area contributed by atoms with Crippen LogP contribution < -0.4 is 0 Å². The zero-order chi connectivity index (χ0) is 11.6. The Morgan fingerprint density at radius 2 is 1.71 bits per heavy atom. The van der Waals surface area contributed by atoms with Crippen molar-refractivity contribution in [1.29, 1.82) is 0 Å². The van der Waals surface area contributed by atoms with Crippen LogP contribution in [0.25, 0.3) is 0 Å². The van der Waals surface area contributed by atoms with Crippen LogP contribution in [-0.2, 0) is 10.4 Å². The molecule has 0 aromatic rings. The predicted octanol–water partition coefficient (Wildman–Crippen LogP) is 2.06. The molecule has 0 spiro atoms. The molecule has 6 heteroatoms. The van der Waals surface area contributed by atoms with E-state index < -0.39 is 10.4 Å². The minimum Gasteiger partial charge on any atom is -0.264 e. The van der Waals surface area contributed by atoms with E-state index in [1.807, 2.05) is 0 Å². The summed E-state index contributed by atoms with van der Waals surface area (Å²) in [5.41, 5.74) is 0. The standard InChI is InChI=1S/C8H15.Na.H2O4S/c1-3-5-7-8-6-4-2;;1-5(2,3)4/h5-7H,3-4,8H2,1-2H3;;(H2,1,2,3,4). The van der Waals surface area contributed by atoms with Crippen molar-refractivity contribution in [2.75, 3.05) is 0 Å². The quantitative estimate of drug-likeness (QED) is 0.442. The van der Waals surface area contributed by atoms with Gasteiger partial charge in [-0.15, -0.1) is 0 Å². The van der Waals surface area contributed by atoms with E-state index >= 15 is 0 Å². The Bertz CT molecular complexity index is 228. The molecule has 80 valence electrons. The number of hydrogen-bond acceptors (Lipinski definition) is 2. The third-order valence-electron chi connectivity index (χ3n) is 1.64. The molecule has 1 atom stereocenters. The van der Waals surface area contributed by atoms with Gasteiger partial charge in [0.15, 0.2) is 0 Å². The summed E-state index contributed by atoms with van der Waals surface area (Å²) in [6.45, 7) is 4.46. The largest absolute Gasteiger partial charge is 0.394 e. The van der Waals surface area contributed by atoms with Gasteiger partial charge in [-0.05, 0) is 0 Å². The molecule has 0 radical (unpaired) electrons. The summed E-state index contributed by atoms with van der Waals surface area (Å²) >= 11 is 1.36. The maximum absolute atomic E-state index is 8.74. The minimum absolute atomic E-state index is 1.01. The van der Waals surface area contributed by atoms with Gasteiger partial charge in [0.1, 0.15) is 0 Å². The van der Waals surface area contributed by atoms with Gasteiger partial charge in [0.2, 0.25) is 0 Å². The van der Waals surface area contributed by atoms with E-state index in [1.165, 1.54) is 47.2 Å². The molecule has 4 nitrogen and oxygen atoms in total. The number of rotatable bonds is 4. The second-order valence-electron chi connectivity index (χ2n) is 3.08. The second kappa shape index (κ2) is 10.1. The Morgan fingerprint density at radius 3 is 2.00 bits per heavy atom. The maximum atomic E-state index is 8.74. The molecule has 0 saturated heterocycles. The van der Waals surface area contributed by atoms with E-state index in [9.17, 15) is 0 Å². The second-order valence-corrected chi connectivity index (χ2v) is 5.61. The van der Waals surface area contributed by atoms with Crippen LogP contribution in [0.1, 0.15) is 33.1 Å². The molecule has 0 aliphatic carbocycles. The Kier molecular flexibility index (Phi) is 12.3. The summed E-state index contributed by atoms with van der Waals surface area (Å²) in [7, 11) is -4.67. The van der Waals surface area contributed by atoms with E-state index in [1.54, 1.807) is 0 Å². The summed E-state index contributed by atoms with van der Waals surface area (Å²) in [5.74, 6) is 0. The molecule has 14 heavy (non-hydrogen) atoms. The molecular formula is C8H17NaO4S. The molecule has 0 bridgehead atoms. The first kappa shape index (κ1) is 17.0. The van der Waals surface area contributed by atoms with Crippen molar-refractivity contribution in [3.05, 3.63) is 12.2 Å². The molecule has 2 N–H and O–H groups in total. The van der Waals surface area contributed by atoms with Crippen molar-refractivity contribution >= 4 is 38.3 Å². The zero-order valence-electron chi connectivity index (χ0n) is 8.97. The Morgan fingerprint density at radius 1 is 1.29 bits per heavy atom. The fourth-order valence-electron chi connectivity index (χ4n) is 0.662. The Hall–Kier alpha value is 0.610. The van der Waals surface area contributed by atoms with Crippen molar-refractivity contribution in [2.24, 2.45) is 0 Å². The average molecular weight is 232 g/mol. The predicted molar refractivity (Wildman–Crippen MR) is 58.0 cm³/mol. The molecule has 0 fully saturated rings. The Balaban J connectivity index is 0. The number of allylic oxidation sites excluding steroid dienone is 2. The van der Waals surface area contributed by atoms with Gasteiger partial charge in [-0.3, -0.25) is 9.11 Å². The van der Waals surface area contributed by atoms with Gasteiger partial charge in [-0.2, -0.15) is 8.42 Å². The summed E-state index contributed by atoms with van der Waals surface area (Å²) in [4.78, 5) is 0. The first-order valence-corrected chi connectivity index (χ1v) is 7.21. The van der Waals surface area contributed by atoms with Gasteiger partial charge in [0.25, 0.3) is 0 Å². The van der Waals surface area contributed by atoms with Crippen molar-refractivity contribution in [2.45, 2.75) is 36.3 Å². The monoisotopic (exact) mass is 232 g/mol. The minimum atomic E-state index is -4.67.